The van der Waals surface area contributed by atoms with E-state index in [1.54, 1.807) is 48.5 Å². The van der Waals surface area contributed by atoms with Crippen LogP contribution in [-0.4, -0.2) is 43.7 Å². The van der Waals surface area contributed by atoms with Gasteiger partial charge in [0.1, 0.15) is 0 Å². The highest BCUT2D eigenvalue weighted by molar-refractivity contribution is 6.09. The Morgan fingerprint density at radius 2 is 1.19 bits per heavy atom. The van der Waals surface area contributed by atoms with E-state index in [-0.39, 0.29) is 30.2 Å². The Kier molecular flexibility index (Phi) is 7.38. The molecule has 1 aliphatic rings. The third-order valence-electron chi connectivity index (χ3n) is 6.52. The van der Waals surface area contributed by atoms with Gasteiger partial charge in [0, 0.05) is 48.3 Å². The van der Waals surface area contributed by atoms with Gasteiger partial charge in [0.05, 0.1) is 19.5 Å². The van der Waals surface area contributed by atoms with Gasteiger partial charge >= 0.3 is 0 Å². The predicted molar refractivity (Wildman–Crippen MR) is 141 cm³/mol. The number of anilines is 1. The van der Waals surface area contributed by atoms with Gasteiger partial charge in [-0.15, -0.1) is 0 Å². The van der Waals surface area contributed by atoms with Crippen molar-refractivity contribution in [2.24, 2.45) is 0 Å². The van der Waals surface area contributed by atoms with E-state index in [4.69, 9.17) is 9.15 Å². The lowest BCUT2D eigenvalue weighted by Gasteiger charge is -2.28. The number of ether oxygens (including phenoxy) is 1. The standard InChI is InChI=1S/C31H27NO5/c33-28(24-11-13-27(14-12-24)32-15-18-36-19-16-32)20-22-3-7-25(8-4-22)31(35)26-9-5-23(6-10-26)21-29(34)30-2-1-17-37-30/h1-14,17H,15-16,18-21H2. The minimum Gasteiger partial charge on any atom is -0.461 e. The molecule has 0 radical (unpaired) electrons. The zero-order valence-electron chi connectivity index (χ0n) is 20.4. The summed E-state index contributed by atoms with van der Waals surface area (Å²) >= 11 is 0. The topological polar surface area (TPSA) is 76.8 Å². The number of rotatable bonds is 9. The van der Waals surface area contributed by atoms with Crippen LogP contribution in [0.4, 0.5) is 5.69 Å². The van der Waals surface area contributed by atoms with Crippen LogP contribution in [0.5, 0.6) is 0 Å². The number of carbonyl (C=O) groups excluding carboxylic acids is 3. The van der Waals surface area contributed by atoms with Gasteiger partial charge in [-0.25, -0.2) is 0 Å². The van der Waals surface area contributed by atoms with E-state index in [2.05, 4.69) is 4.90 Å². The predicted octanol–water partition coefficient (Wildman–Crippen LogP) is 5.20. The van der Waals surface area contributed by atoms with Crippen LogP contribution in [0.2, 0.25) is 0 Å². The van der Waals surface area contributed by atoms with Gasteiger partial charge in [-0.2, -0.15) is 0 Å². The van der Waals surface area contributed by atoms with E-state index in [0.717, 1.165) is 43.1 Å². The molecule has 0 bridgehead atoms. The normalized spacial score (nSPS) is 13.4. The van der Waals surface area contributed by atoms with Crippen molar-refractivity contribution in [3.05, 3.63) is 125 Å². The molecule has 0 spiro atoms. The van der Waals surface area contributed by atoms with Crippen molar-refractivity contribution in [1.82, 2.24) is 0 Å². The molecular weight excluding hydrogens is 466 g/mol. The summed E-state index contributed by atoms with van der Waals surface area (Å²) in [5.74, 6) is 0.138. The highest BCUT2D eigenvalue weighted by Gasteiger charge is 2.15. The molecule has 37 heavy (non-hydrogen) atoms. The maximum Gasteiger partial charge on any atom is 0.202 e. The minimum absolute atomic E-state index is 0.0345. The van der Waals surface area contributed by atoms with Crippen molar-refractivity contribution >= 4 is 23.0 Å². The van der Waals surface area contributed by atoms with Crippen molar-refractivity contribution in [2.45, 2.75) is 12.8 Å². The molecule has 5 rings (SSSR count). The molecule has 1 saturated heterocycles. The fourth-order valence-electron chi connectivity index (χ4n) is 4.39. The van der Waals surface area contributed by atoms with E-state index in [1.807, 2.05) is 36.4 Å². The lowest BCUT2D eigenvalue weighted by Crippen LogP contribution is -2.36. The largest absolute Gasteiger partial charge is 0.461 e. The lowest BCUT2D eigenvalue weighted by atomic mass is 9.97. The summed E-state index contributed by atoms with van der Waals surface area (Å²) in [5.41, 5.74) is 4.52. The fourth-order valence-corrected chi connectivity index (χ4v) is 4.39. The van der Waals surface area contributed by atoms with Gasteiger partial charge in [-0.1, -0.05) is 48.5 Å². The molecule has 1 fully saturated rings. The molecule has 0 unspecified atom stereocenters. The zero-order chi connectivity index (χ0) is 25.6. The van der Waals surface area contributed by atoms with Crippen molar-refractivity contribution in [1.29, 1.82) is 0 Å². The molecule has 6 heteroatoms. The average molecular weight is 494 g/mol. The average Bonchev–Trinajstić information content (AvgIpc) is 3.50. The molecule has 4 aromatic rings. The van der Waals surface area contributed by atoms with Crippen LogP contribution in [0.3, 0.4) is 0 Å². The highest BCUT2D eigenvalue weighted by atomic mass is 16.5. The third-order valence-corrected chi connectivity index (χ3v) is 6.52. The van der Waals surface area contributed by atoms with Gasteiger partial charge in [-0.05, 0) is 47.5 Å². The Hall–Kier alpha value is -4.29. The number of furan rings is 1. The molecule has 6 nitrogen and oxygen atoms in total. The van der Waals surface area contributed by atoms with Crippen molar-refractivity contribution < 1.29 is 23.5 Å². The SMILES string of the molecule is O=C(Cc1ccc(C(=O)c2ccc(CC(=O)c3ccco3)cc2)cc1)c1ccc(N2CCOCC2)cc1. The monoisotopic (exact) mass is 493 g/mol. The van der Waals surface area contributed by atoms with Gasteiger partial charge in [0.15, 0.2) is 17.3 Å². The Bertz CT molecular complexity index is 1370. The second kappa shape index (κ2) is 11.2. The number of Topliss-reactive ketones (excluding diaryl/α,β-unsaturated/α-hetero) is 2. The Morgan fingerprint density at radius 1 is 0.649 bits per heavy atom. The first-order valence-corrected chi connectivity index (χ1v) is 12.3. The molecule has 2 heterocycles. The molecule has 0 amide bonds. The highest BCUT2D eigenvalue weighted by Crippen LogP contribution is 2.19. The summed E-state index contributed by atoms with van der Waals surface area (Å²) in [5, 5.41) is 0. The van der Waals surface area contributed by atoms with Gasteiger partial charge < -0.3 is 14.1 Å². The van der Waals surface area contributed by atoms with Crippen LogP contribution in [0.1, 0.15) is 48.0 Å². The number of carbonyl (C=O) groups is 3. The quantitative estimate of drug-likeness (QED) is 0.299. The summed E-state index contributed by atoms with van der Waals surface area (Å²) < 4.78 is 10.5. The van der Waals surface area contributed by atoms with Crippen molar-refractivity contribution in [3.8, 4) is 0 Å². The summed E-state index contributed by atoms with van der Waals surface area (Å²) in [7, 11) is 0. The van der Waals surface area contributed by atoms with Crippen LogP contribution in [-0.2, 0) is 17.6 Å². The summed E-state index contributed by atoms with van der Waals surface area (Å²) in [6.07, 6.45) is 1.95. The van der Waals surface area contributed by atoms with Gasteiger partial charge in [0.2, 0.25) is 5.78 Å². The van der Waals surface area contributed by atoms with E-state index < -0.39 is 0 Å². The Labute approximate surface area is 215 Å². The first-order valence-electron chi connectivity index (χ1n) is 12.3. The Morgan fingerprint density at radius 3 is 1.73 bits per heavy atom. The van der Waals surface area contributed by atoms with Crippen LogP contribution < -0.4 is 4.90 Å². The van der Waals surface area contributed by atoms with Gasteiger partial charge in [-0.3, -0.25) is 14.4 Å². The Balaban J connectivity index is 1.18. The summed E-state index contributed by atoms with van der Waals surface area (Å²) in [6.45, 7) is 3.15. The van der Waals surface area contributed by atoms with Crippen LogP contribution in [0.25, 0.3) is 0 Å². The number of morpholine rings is 1. The maximum absolute atomic E-state index is 12.9. The van der Waals surface area contributed by atoms with Crippen molar-refractivity contribution in [3.63, 3.8) is 0 Å². The molecule has 0 saturated carbocycles. The van der Waals surface area contributed by atoms with Crippen LogP contribution >= 0.6 is 0 Å². The number of ketones is 3. The second-order valence-corrected chi connectivity index (χ2v) is 9.05. The van der Waals surface area contributed by atoms with E-state index >= 15 is 0 Å². The van der Waals surface area contributed by atoms with Crippen LogP contribution in [0, 0.1) is 0 Å². The van der Waals surface area contributed by atoms with Crippen LogP contribution in [0.15, 0.2) is 95.6 Å². The van der Waals surface area contributed by atoms with E-state index in [0.29, 0.717) is 22.5 Å². The molecule has 0 aliphatic carbocycles. The van der Waals surface area contributed by atoms with Gasteiger partial charge in [0.25, 0.3) is 0 Å². The zero-order valence-corrected chi connectivity index (χ0v) is 20.4. The smallest absolute Gasteiger partial charge is 0.202 e. The molecule has 1 aromatic heterocycles. The van der Waals surface area contributed by atoms with E-state index in [1.165, 1.54) is 6.26 Å². The molecular formula is C31H27NO5. The molecule has 1 aliphatic heterocycles. The minimum atomic E-state index is -0.111. The fraction of sp³-hybridized carbons (Fsp3) is 0.194. The number of nitrogens with zero attached hydrogens (tertiary/aromatic N) is 1. The molecule has 0 N–H and O–H groups in total. The van der Waals surface area contributed by atoms with E-state index in [9.17, 15) is 14.4 Å². The second-order valence-electron chi connectivity index (χ2n) is 9.05. The first-order chi connectivity index (χ1) is 18.1. The van der Waals surface area contributed by atoms with Crippen molar-refractivity contribution in [2.75, 3.05) is 31.2 Å². The third kappa shape index (κ3) is 5.93. The number of hydrogen-bond acceptors (Lipinski definition) is 6. The summed E-state index contributed by atoms with van der Waals surface area (Å²) in [6, 6.07) is 25.2. The maximum atomic E-state index is 12.9. The first kappa shape index (κ1) is 24.4. The molecule has 0 atom stereocenters. The summed E-state index contributed by atoms with van der Waals surface area (Å²) in [4.78, 5) is 40.2. The lowest BCUT2D eigenvalue weighted by molar-refractivity contribution is 0.0964. The molecule has 3 aromatic carbocycles. The number of hydrogen-bond donors (Lipinski definition) is 0. The molecule has 186 valence electrons. The number of benzene rings is 3.